The molecule has 0 aromatic carbocycles. The van der Waals surface area contributed by atoms with Crippen molar-refractivity contribution >= 4 is 11.9 Å². The molecule has 12 heteroatoms. The summed E-state index contributed by atoms with van der Waals surface area (Å²) in [6, 6.07) is 0. The van der Waals surface area contributed by atoms with Gasteiger partial charge in [0.2, 0.25) is 0 Å². The standard InChI is InChI=1S/C6H11N3O2.C4H7N3O2.Na.H2O/c1-2-11-6(10)4-3-5-8-9-7;5-7-6-3-1-2-4(8)9;;/h2-5H2,1H3;1-3H2,(H,8,9);;1H2/q;;+1;/p-1. The van der Waals surface area contributed by atoms with Crippen molar-refractivity contribution in [3.8, 4) is 0 Å². The molecule has 0 saturated heterocycles. The van der Waals surface area contributed by atoms with Crippen LogP contribution in [0.15, 0.2) is 10.2 Å². The monoisotopic (exact) mass is 326 g/mol. The molecule has 0 rings (SSSR count). The fourth-order valence-corrected chi connectivity index (χ4v) is 0.918. The van der Waals surface area contributed by atoms with Crippen molar-refractivity contribution in [1.82, 2.24) is 0 Å². The molecular weight excluding hydrogens is 307 g/mol. The maximum atomic E-state index is 10.6. The molecule has 0 aliphatic carbocycles. The molecule has 0 aliphatic rings. The Bertz CT molecular complexity index is 380. The zero-order chi connectivity index (χ0) is 15.6. The Morgan fingerprint density at radius 2 is 1.55 bits per heavy atom. The van der Waals surface area contributed by atoms with Crippen molar-refractivity contribution in [2.24, 2.45) is 10.2 Å². The van der Waals surface area contributed by atoms with Crippen LogP contribution in [-0.4, -0.2) is 42.2 Å². The number of ether oxygens (including phenoxy) is 1. The molecule has 0 bridgehead atoms. The van der Waals surface area contributed by atoms with Gasteiger partial charge in [0.25, 0.3) is 0 Å². The van der Waals surface area contributed by atoms with Crippen molar-refractivity contribution in [1.29, 1.82) is 0 Å². The van der Waals surface area contributed by atoms with Crippen molar-refractivity contribution in [2.75, 3.05) is 19.7 Å². The number of hydrogen-bond acceptors (Lipinski definition) is 6. The minimum absolute atomic E-state index is 0. The summed E-state index contributed by atoms with van der Waals surface area (Å²) in [6.45, 7) is 2.78. The summed E-state index contributed by atoms with van der Waals surface area (Å²) in [4.78, 5) is 25.5. The van der Waals surface area contributed by atoms with Crippen LogP contribution >= 0.6 is 0 Å². The number of carbonyl (C=O) groups is 2. The van der Waals surface area contributed by atoms with Crippen LogP contribution in [0.3, 0.4) is 0 Å². The second-order valence-corrected chi connectivity index (χ2v) is 3.31. The molecule has 0 aliphatic heterocycles. The molecule has 0 atom stereocenters. The van der Waals surface area contributed by atoms with E-state index >= 15 is 0 Å². The Kier molecular flexibility index (Phi) is 31.9. The third kappa shape index (κ3) is 31.1. The summed E-state index contributed by atoms with van der Waals surface area (Å²) in [5.41, 5.74) is 15.6. The van der Waals surface area contributed by atoms with Crippen LogP contribution in [0, 0.1) is 0 Å². The largest absolute Gasteiger partial charge is 1.00 e. The maximum Gasteiger partial charge on any atom is 1.00 e. The second kappa shape index (κ2) is 24.5. The van der Waals surface area contributed by atoms with Gasteiger partial charge in [0.05, 0.1) is 6.61 Å². The van der Waals surface area contributed by atoms with Gasteiger partial charge in [-0.2, -0.15) is 0 Å². The SMILES string of the molecule is CCOC(=O)CCCN=[N+]=[N-].[N-]=[N+]=NCCCC(=O)O.[Na+].[OH-]. The van der Waals surface area contributed by atoms with E-state index in [2.05, 4.69) is 24.8 Å². The topological polar surface area (TPSA) is 191 Å². The number of carboxylic acids is 1. The Hall–Kier alpha value is -1.48. The van der Waals surface area contributed by atoms with Gasteiger partial charge in [0.15, 0.2) is 0 Å². The molecule has 0 saturated carbocycles. The van der Waals surface area contributed by atoms with E-state index in [-0.39, 0.29) is 54.0 Å². The van der Waals surface area contributed by atoms with Crippen LogP contribution in [0.2, 0.25) is 0 Å². The predicted octanol–water partition coefficient (Wildman–Crippen LogP) is -0.371. The summed E-state index contributed by atoms with van der Waals surface area (Å²) in [6.07, 6.45) is 1.37. The number of esters is 1. The molecule has 22 heavy (non-hydrogen) atoms. The van der Waals surface area contributed by atoms with E-state index in [1.807, 2.05) is 0 Å². The molecular formula is C10H19N6NaO5. The van der Waals surface area contributed by atoms with Crippen molar-refractivity contribution < 1.29 is 54.5 Å². The molecule has 0 aromatic rings. The van der Waals surface area contributed by atoms with Gasteiger partial charge in [-0.15, -0.1) is 0 Å². The van der Waals surface area contributed by atoms with E-state index in [1.54, 1.807) is 6.92 Å². The second-order valence-electron chi connectivity index (χ2n) is 3.31. The molecule has 0 unspecified atom stereocenters. The predicted molar refractivity (Wildman–Crippen MR) is 72.7 cm³/mol. The van der Waals surface area contributed by atoms with Gasteiger partial charge in [0, 0.05) is 35.8 Å². The summed E-state index contributed by atoms with van der Waals surface area (Å²) in [5, 5.41) is 14.5. The number of nitrogens with zero attached hydrogens (tertiary/aromatic N) is 6. The molecule has 0 radical (unpaired) electrons. The van der Waals surface area contributed by atoms with Crippen LogP contribution < -0.4 is 29.6 Å². The van der Waals surface area contributed by atoms with Gasteiger partial charge in [-0.3, -0.25) is 9.59 Å². The van der Waals surface area contributed by atoms with E-state index in [0.717, 1.165) is 0 Å². The minimum atomic E-state index is -0.858. The maximum absolute atomic E-state index is 10.6. The quantitative estimate of drug-likeness (QED) is 0.150. The zero-order valence-electron chi connectivity index (χ0n) is 12.8. The summed E-state index contributed by atoms with van der Waals surface area (Å²) >= 11 is 0. The van der Waals surface area contributed by atoms with Gasteiger partial charge in [-0.05, 0) is 30.8 Å². The molecule has 2 N–H and O–H groups in total. The van der Waals surface area contributed by atoms with E-state index in [9.17, 15) is 9.59 Å². The Morgan fingerprint density at radius 1 is 1.09 bits per heavy atom. The molecule has 11 nitrogen and oxygen atoms in total. The minimum Gasteiger partial charge on any atom is -0.870 e. The van der Waals surface area contributed by atoms with Crippen LogP contribution in [0.4, 0.5) is 0 Å². The third-order valence-electron chi connectivity index (χ3n) is 1.72. The Labute approximate surface area is 149 Å². The number of aliphatic carboxylic acids is 1. The van der Waals surface area contributed by atoms with Crippen LogP contribution in [0.5, 0.6) is 0 Å². The summed E-state index contributed by atoms with van der Waals surface area (Å²) in [7, 11) is 0. The fraction of sp³-hybridized carbons (Fsp3) is 0.800. The molecule has 0 spiro atoms. The van der Waals surface area contributed by atoms with Crippen LogP contribution in [-0.2, 0) is 14.3 Å². The molecule has 120 valence electrons. The molecule has 0 amide bonds. The molecule has 0 aromatic heterocycles. The van der Waals surface area contributed by atoms with Crippen molar-refractivity contribution in [3.63, 3.8) is 0 Å². The first-order valence-electron chi connectivity index (χ1n) is 5.97. The number of carbonyl (C=O) groups excluding carboxylic acids is 1. The van der Waals surface area contributed by atoms with Crippen molar-refractivity contribution in [3.05, 3.63) is 20.9 Å². The van der Waals surface area contributed by atoms with E-state index in [1.165, 1.54) is 0 Å². The number of carboxylic acid groups (broad SMARTS) is 1. The first-order chi connectivity index (χ1) is 9.58. The van der Waals surface area contributed by atoms with Gasteiger partial charge in [-0.25, -0.2) is 0 Å². The normalized spacial score (nSPS) is 7.50. The van der Waals surface area contributed by atoms with Gasteiger partial charge in [-0.1, -0.05) is 10.2 Å². The van der Waals surface area contributed by atoms with E-state index in [0.29, 0.717) is 32.4 Å². The van der Waals surface area contributed by atoms with E-state index in [4.69, 9.17) is 16.2 Å². The average molecular weight is 326 g/mol. The van der Waals surface area contributed by atoms with Crippen LogP contribution in [0.25, 0.3) is 20.9 Å². The number of azide groups is 2. The number of rotatable bonds is 9. The molecule has 0 heterocycles. The van der Waals surface area contributed by atoms with Crippen molar-refractivity contribution in [2.45, 2.75) is 32.6 Å². The first kappa shape index (κ1) is 28.6. The van der Waals surface area contributed by atoms with E-state index < -0.39 is 5.97 Å². The van der Waals surface area contributed by atoms with Gasteiger partial charge < -0.3 is 15.3 Å². The summed E-state index contributed by atoms with van der Waals surface area (Å²) < 4.78 is 4.65. The van der Waals surface area contributed by atoms with Crippen LogP contribution in [0.1, 0.15) is 32.6 Å². The molecule has 0 fully saturated rings. The van der Waals surface area contributed by atoms with Gasteiger partial charge >= 0.3 is 41.5 Å². The number of hydrogen-bond donors (Lipinski definition) is 1. The third-order valence-corrected chi connectivity index (χ3v) is 1.72. The Morgan fingerprint density at radius 3 is 1.91 bits per heavy atom. The first-order valence-corrected chi connectivity index (χ1v) is 5.97. The van der Waals surface area contributed by atoms with Gasteiger partial charge in [0.1, 0.15) is 0 Å². The zero-order valence-corrected chi connectivity index (χ0v) is 14.8. The summed E-state index contributed by atoms with van der Waals surface area (Å²) in [5.74, 6) is -1.09. The fourth-order valence-electron chi connectivity index (χ4n) is 0.918. The Balaban J connectivity index is -0.000000137. The average Bonchev–Trinajstić information content (AvgIpc) is 2.41. The smallest absolute Gasteiger partial charge is 0.870 e.